The van der Waals surface area contributed by atoms with Crippen molar-refractivity contribution in [2.24, 2.45) is 0 Å². The number of pyridine rings is 2. The molecule has 4 rings (SSSR count). The van der Waals surface area contributed by atoms with E-state index < -0.39 is 4.92 Å². The molecular weight excluding hydrogens is 290 g/mol. The first-order valence-electron chi connectivity index (χ1n) is 7.04. The van der Waals surface area contributed by atoms with Crippen molar-refractivity contribution in [3.05, 3.63) is 89.1 Å². The lowest BCUT2D eigenvalue weighted by Crippen LogP contribution is -1.91. The summed E-state index contributed by atoms with van der Waals surface area (Å²) in [4.78, 5) is 18.0. The van der Waals surface area contributed by atoms with Gasteiger partial charge in [-0.3, -0.25) is 4.98 Å². The van der Waals surface area contributed by atoms with Crippen LogP contribution in [0.25, 0.3) is 21.8 Å². The van der Waals surface area contributed by atoms with E-state index in [1.54, 1.807) is 18.2 Å². The summed E-state index contributed by atoms with van der Waals surface area (Å²) in [6, 6.07) is 22.5. The third kappa shape index (κ3) is 3.47. The highest BCUT2D eigenvalue weighted by atomic mass is 16.6. The van der Waals surface area contributed by atoms with E-state index >= 15 is 0 Å². The second kappa shape index (κ2) is 6.62. The Morgan fingerprint density at radius 2 is 1.35 bits per heavy atom. The normalized spacial score (nSPS) is 10.1. The Hall–Kier alpha value is -3.34. The molecule has 0 amide bonds. The fourth-order valence-electron chi connectivity index (χ4n) is 2.17. The lowest BCUT2D eigenvalue weighted by molar-refractivity contribution is -0.389. The van der Waals surface area contributed by atoms with Crippen molar-refractivity contribution >= 4 is 27.6 Å². The molecule has 0 aliphatic rings. The van der Waals surface area contributed by atoms with E-state index in [2.05, 4.69) is 22.1 Å². The molecule has 0 bridgehead atoms. The van der Waals surface area contributed by atoms with Gasteiger partial charge in [-0.15, -0.1) is 0 Å². The first kappa shape index (κ1) is 14.6. The maximum Gasteiger partial charge on any atom is 0.364 e. The van der Waals surface area contributed by atoms with Gasteiger partial charge in [-0.25, -0.2) is 0 Å². The molecule has 0 fully saturated rings. The molecule has 0 aliphatic heterocycles. The van der Waals surface area contributed by atoms with E-state index in [1.165, 1.54) is 11.5 Å². The number of rotatable bonds is 1. The summed E-state index contributed by atoms with van der Waals surface area (Å²) < 4.78 is 0. The van der Waals surface area contributed by atoms with Gasteiger partial charge in [0.15, 0.2) is 5.52 Å². The zero-order chi connectivity index (χ0) is 16.1. The average Bonchev–Trinajstić information content (AvgIpc) is 2.62. The molecule has 0 spiro atoms. The molecule has 0 saturated heterocycles. The third-order valence-electron chi connectivity index (χ3n) is 3.28. The second-order valence-corrected chi connectivity index (χ2v) is 4.82. The van der Waals surface area contributed by atoms with Crippen LogP contribution in [0.4, 0.5) is 5.82 Å². The van der Waals surface area contributed by atoms with Crippen molar-refractivity contribution in [2.45, 2.75) is 0 Å². The van der Waals surface area contributed by atoms with Gasteiger partial charge in [-0.2, -0.15) is 0 Å². The van der Waals surface area contributed by atoms with Gasteiger partial charge in [-0.05, 0) is 34.2 Å². The Balaban J connectivity index is 0.000000140. The van der Waals surface area contributed by atoms with E-state index in [0.717, 1.165) is 10.9 Å². The van der Waals surface area contributed by atoms with Crippen LogP contribution in [0.15, 0.2) is 79.0 Å². The Morgan fingerprint density at radius 3 is 2.04 bits per heavy atom. The summed E-state index contributed by atoms with van der Waals surface area (Å²) >= 11 is 0. The molecule has 0 unspecified atom stereocenters. The fourth-order valence-corrected chi connectivity index (χ4v) is 2.17. The maximum absolute atomic E-state index is 10.4. The molecule has 0 saturated carbocycles. The van der Waals surface area contributed by atoms with Crippen molar-refractivity contribution in [2.75, 3.05) is 0 Å². The Labute approximate surface area is 132 Å². The monoisotopic (exact) mass is 303 g/mol. The topological polar surface area (TPSA) is 68.9 Å². The van der Waals surface area contributed by atoms with Crippen molar-refractivity contribution in [3.8, 4) is 0 Å². The summed E-state index contributed by atoms with van der Waals surface area (Å²) in [6.07, 6.45) is 1.81. The van der Waals surface area contributed by atoms with Crippen molar-refractivity contribution in [1.82, 2.24) is 9.97 Å². The van der Waals surface area contributed by atoms with E-state index in [0.29, 0.717) is 5.52 Å². The number of para-hydroxylation sites is 2. The molecule has 0 atom stereocenters. The highest BCUT2D eigenvalue weighted by molar-refractivity contribution is 5.79. The highest BCUT2D eigenvalue weighted by Crippen LogP contribution is 2.15. The predicted octanol–water partition coefficient (Wildman–Crippen LogP) is 4.38. The molecule has 0 radical (unpaired) electrons. The molecule has 0 N–H and O–H groups in total. The molecule has 0 aliphatic carbocycles. The quantitative estimate of drug-likeness (QED) is 0.386. The molecule has 23 heavy (non-hydrogen) atoms. The van der Waals surface area contributed by atoms with Gasteiger partial charge in [0.25, 0.3) is 0 Å². The summed E-state index contributed by atoms with van der Waals surface area (Å²) in [6.45, 7) is 0. The molecular formula is C18H13N3O2. The molecule has 5 nitrogen and oxygen atoms in total. The van der Waals surface area contributed by atoms with Gasteiger partial charge in [0.1, 0.15) is 0 Å². The van der Waals surface area contributed by atoms with Crippen LogP contribution in [0.3, 0.4) is 0 Å². The minimum atomic E-state index is -0.494. The van der Waals surface area contributed by atoms with E-state index in [1.807, 2.05) is 42.6 Å². The minimum Gasteiger partial charge on any atom is -0.358 e. The first-order valence-corrected chi connectivity index (χ1v) is 7.04. The summed E-state index contributed by atoms with van der Waals surface area (Å²) in [5.74, 6) is -0.112. The van der Waals surface area contributed by atoms with Gasteiger partial charge < -0.3 is 10.1 Å². The van der Waals surface area contributed by atoms with Crippen molar-refractivity contribution in [3.63, 3.8) is 0 Å². The smallest absolute Gasteiger partial charge is 0.358 e. The molecule has 5 heteroatoms. The Bertz CT molecular complexity index is 905. The number of hydrogen-bond acceptors (Lipinski definition) is 4. The number of hydrogen-bond donors (Lipinski definition) is 0. The van der Waals surface area contributed by atoms with Crippen LogP contribution in [-0.2, 0) is 0 Å². The largest absolute Gasteiger partial charge is 0.364 e. The molecule has 2 aromatic carbocycles. The zero-order valence-corrected chi connectivity index (χ0v) is 12.2. The van der Waals surface area contributed by atoms with Crippen molar-refractivity contribution < 1.29 is 4.92 Å². The molecule has 112 valence electrons. The molecule has 2 aromatic heterocycles. The predicted molar refractivity (Wildman–Crippen MR) is 90.1 cm³/mol. The van der Waals surface area contributed by atoms with Crippen LogP contribution in [-0.4, -0.2) is 14.9 Å². The Kier molecular flexibility index (Phi) is 4.20. The number of benzene rings is 2. The lowest BCUT2D eigenvalue weighted by Gasteiger charge is -1.93. The number of nitrogens with zero attached hydrogens (tertiary/aromatic N) is 3. The molecule has 2 heterocycles. The second-order valence-electron chi connectivity index (χ2n) is 4.82. The lowest BCUT2D eigenvalue weighted by atomic mass is 10.2. The van der Waals surface area contributed by atoms with Crippen LogP contribution < -0.4 is 0 Å². The fraction of sp³-hybridized carbons (Fsp3) is 0. The maximum atomic E-state index is 10.4. The van der Waals surface area contributed by atoms with Crippen molar-refractivity contribution in [1.29, 1.82) is 0 Å². The van der Waals surface area contributed by atoms with Crippen LogP contribution >= 0.6 is 0 Å². The summed E-state index contributed by atoms with van der Waals surface area (Å²) in [7, 11) is 0. The van der Waals surface area contributed by atoms with Gasteiger partial charge >= 0.3 is 5.82 Å². The summed E-state index contributed by atoms with van der Waals surface area (Å²) in [5.41, 5.74) is 1.71. The van der Waals surface area contributed by atoms with Crippen LogP contribution in [0.1, 0.15) is 0 Å². The Morgan fingerprint density at radius 1 is 0.739 bits per heavy atom. The van der Waals surface area contributed by atoms with Gasteiger partial charge in [0.2, 0.25) is 0 Å². The van der Waals surface area contributed by atoms with Crippen LogP contribution in [0, 0.1) is 10.1 Å². The zero-order valence-electron chi connectivity index (χ0n) is 12.2. The average molecular weight is 303 g/mol. The van der Waals surface area contributed by atoms with E-state index in [-0.39, 0.29) is 5.82 Å². The number of fused-ring (bicyclic) bond motifs is 2. The first-order chi connectivity index (χ1) is 11.2. The van der Waals surface area contributed by atoms with Gasteiger partial charge in [0.05, 0.1) is 5.52 Å². The van der Waals surface area contributed by atoms with Gasteiger partial charge in [0, 0.05) is 23.0 Å². The standard InChI is InChI=1S/C9H6N2O2.C9H7N/c12-11(13)9-6-5-7-3-1-2-4-8(7)10-9;1-2-6-9-8(4-1)5-3-7-10-9/h1-6H;1-7H. The number of nitro groups is 1. The molecule has 4 aromatic rings. The SMILES string of the molecule is O=[N+]([O-])c1ccc2ccccc2n1.c1ccc2ncccc2c1. The van der Waals surface area contributed by atoms with Gasteiger partial charge in [-0.1, -0.05) is 42.5 Å². The highest BCUT2D eigenvalue weighted by Gasteiger charge is 2.07. The van der Waals surface area contributed by atoms with Crippen LogP contribution in [0.2, 0.25) is 0 Å². The number of aromatic nitrogens is 2. The van der Waals surface area contributed by atoms with E-state index in [9.17, 15) is 10.1 Å². The van der Waals surface area contributed by atoms with E-state index in [4.69, 9.17) is 0 Å². The third-order valence-corrected chi connectivity index (χ3v) is 3.28. The minimum absolute atomic E-state index is 0.112. The van der Waals surface area contributed by atoms with Crippen LogP contribution in [0.5, 0.6) is 0 Å². The summed E-state index contributed by atoms with van der Waals surface area (Å²) in [5, 5.41) is 12.5.